The number of aliphatic imine (C=N–C) groups is 1. The molecular weight excluding hydrogens is 336 g/mol. The Balaban J connectivity index is 1.32. The second kappa shape index (κ2) is 9.09. The molecule has 0 amide bonds. The first-order valence-electron chi connectivity index (χ1n) is 11.2. The molecule has 4 rings (SSSR count). The number of hydrogen-bond donors (Lipinski definition) is 1. The van der Waals surface area contributed by atoms with Crippen molar-refractivity contribution in [1.82, 2.24) is 24.7 Å². The molecule has 6 heteroatoms. The molecule has 0 radical (unpaired) electrons. The van der Waals surface area contributed by atoms with Crippen LogP contribution in [0.5, 0.6) is 0 Å². The van der Waals surface area contributed by atoms with Crippen LogP contribution in [0.25, 0.3) is 0 Å². The second-order valence-electron chi connectivity index (χ2n) is 8.27. The Bertz CT molecular complexity index is 607. The molecule has 1 aromatic rings. The van der Waals surface area contributed by atoms with Crippen LogP contribution in [0.2, 0.25) is 0 Å². The lowest BCUT2D eigenvalue weighted by atomic mass is 10.1. The molecule has 4 heterocycles. The van der Waals surface area contributed by atoms with Gasteiger partial charge in [-0.05, 0) is 52.1 Å². The maximum absolute atomic E-state index is 4.94. The normalized spacial score (nSPS) is 24.3. The Labute approximate surface area is 164 Å². The highest BCUT2D eigenvalue weighted by Gasteiger charge is 2.29. The fourth-order valence-electron chi connectivity index (χ4n) is 4.81. The lowest BCUT2D eigenvalue weighted by Gasteiger charge is -2.32. The first-order valence-corrected chi connectivity index (χ1v) is 11.2. The number of nitrogens with one attached hydrogen (secondary N) is 1. The van der Waals surface area contributed by atoms with Crippen molar-refractivity contribution in [2.75, 3.05) is 39.3 Å². The van der Waals surface area contributed by atoms with E-state index in [0.717, 1.165) is 51.5 Å². The molecule has 2 saturated heterocycles. The van der Waals surface area contributed by atoms with Crippen molar-refractivity contribution in [2.45, 2.75) is 70.9 Å². The minimum atomic E-state index is 0.717. The lowest BCUT2D eigenvalue weighted by molar-refractivity contribution is 0.168. The van der Waals surface area contributed by atoms with Gasteiger partial charge in [0.05, 0.1) is 5.69 Å². The zero-order chi connectivity index (χ0) is 18.5. The topological polar surface area (TPSA) is 48.7 Å². The minimum Gasteiger partial charge on any atom is -0.357 e. The summed E-state index contributed by atoms with van der Waals surface area (Å²) >= 11 is 0. The maximum Gasteiger partial charge on any atom is 0.193 e. The van der Waals surface area contributed by atoms with Gasteiger partial charge < -0.3 is 14.8 Å². The summed E-state index contributed by atoms with van der Waals surface area (Å²) in [5, 5.41) is 3.52. The van der Waals surface area contributed by atoms with Gasteiger partial charge in [0.25, 0.3) is 0 Å². The van der Waals surface area contributed by atoms with Gasteiger partial charge in [0.1, 0.15) is 5.82 Å². The zero-order valence-electron chi connectivity index (χ0n) is 17.0. The van der Waals surface area contributed by atoms with E-state index in [1.165, 1.54) is 63.1 Å². The molecule has 1 aromatic heterocycles. The molecule has 0 saturated carbocycles. The number of fused-ring (bicyclic) bond motifs is 1. The van der Waals surface area contributed by atoms with Crippen LogP contribution < -0.4 is 5.32 Å². The Kier molecular flexibility index (Phi) is 6.32. The zero-order valence-corrected chi connectivity index (χ0v) is 17.0. The monoisotopic (exact) mass is 372 g/mol. The van der Waals surface area contributed by atoms with Gasteiger partial charge in [-0.3, -0.25) is 9.89 Å². The first kappa shape index (κ1) is 18.8. The molecule has 150 valence electrons. The highest BCUT2D eigenvalue weighted by Crippen LogP contribution is 2.20. The van der Waals surface area contributed by atoms with Crippen molar-refractivity contribution >= 4 is 5.96 Å². The number of aryl methyl sites for hydroxylation is 2. The Morgan fingerprint density at radius 2 is 2.00 bits per heavy atom. The molecule has 0 bridgehead atoms. The van der Waals surface area contributed by atoms with E-state index in [0.29, 0.717) is 6.04 Å². The number of imidazole rings is 1. The predicted octanol–water partition coefficient (Wildman–Crippen LogP) is 2.29. The second-order valence-corrected chi connectivity index (χ2v) is 8.27. The summed E-state index contributed by atoms with van der Waals surface area (Å²) in [7, 11) is 0. The Morgan fingerprint density at radius 1 is 1.15 bits per heavy atom. The van der Waals surface area contributed by atoms with Crippen molar-refractivity contribution < 1.29 is 0 Å². The fourth-order valence-corrected chi connectivity index (χ4v) is 4.81. The number of likely N-dealkylation sites (tertiary alicyclic amines) is 2. The average molecular weight is 373 g/mol. The SMILES string of the molecule is CCNC(=NCCc1cn2c(n1)CCCC2)N1CCC(N2CCCCC2)C1. The molecule has 0 aliphatic carbocycles. The van der Waals surface area contributed by atoms with Crippen molar-refractivity contribution in [3.63, 3.8) is 0 Å². The van der Waals surface area contributed by atoms with E-state index in [1.807, 2.05) is 0 Å². The van der Waals surface area contributed by atoms with Crippen LogP contribution >= 0.6 is 0 Å². The quantitative estimate of drug-likeness (QED) is 0.636. The van der Waals surface area contributed by atoms with E-state index in [4.69, 9.17) is 9.98 Å². The first-order chi connectivity index (χ1) is 13.3. The molecule has 6 nitrogen and oxygen atoms in total. The smallest absolute Gasteiger partial charge is 0.193 e. The Morgan fingerprint density at radius 3 is 2.81 bits per heavy atom. The molecular formula is C21H36N6. The van der Waals surface area contributed by atoms with Gasteiger partial charge in [-0.15, -0.1) is 0 Å². The van der Waals surface area contributed by atoms with Gasteiger partial charge in [-0.1, -0.05) is 6.42 Å². The van der Waals surface area contributed by atoms with Gasteiger partial charge in [0, 0.05) is 57.8 Å². The van der Waals surface area contributed by atoms with Crippen LogP contribution in [-0.2, 0) is 19.4 Å². The highest BCUT2D eigenvalue weighted by molar-refractivity contribution is 5.80. The van der Waals surface area contributed by atoms with Gasteiger partial charge in [0.2, 0.25) is 0 Å². The van der Waals surface area contributed by atoms with Crippen LogP contribution in [0.4, 0.5) is 0 Å². The maximum atomic E-state index is 4.94. The molecule has 0 spiro atoms. The van der Waals surface area contributed by atoms with Crippen molar-refractivity contribution in [1.29, 1.82) is 0 Å². The molecule has 0 aromatic carbocycles. The summed E-state index contributed by atoms with van der Waals surface area (Å²) in [6, 6.07) is 0.717. The molecule has 3 aliphatic rings. The van der Waals surface area contributed by atoms with Crippen molar-refractivity contribution in [2.24, 2.45) is 4.99 Å². The van der Waals surface area contributed by atoms with Crippen molar-refractivity contribution in [3.05, 3.63) is 17.7 Å². The number of nitrogens with zero attached hydrogens (tertiary/aromatic N) is 5. The van der Waals surface area contributed by atoms with E-state index < -0.39 is 0 Å². The number of piperidine rings is 1. The van der Waals surface area contributed by atoms with E-state index >= 15 is 0 Å². The summed E-state index contributed by atoms with van der Waals surface area (Å²) in [4.78, 5) is 14.9. The van der Waals surface area contributed by atoms with Crippen LogP contribution in [0.3, 0.4) is 0 Å². The summed E-state index contributed by atoms with van der Waals surface area (Å²) in [6.45, 7) is 9.90. The number of guanidine groups is 1. The number of aromatic nitrogens is 2. The van der Waals surface area contributed by atoms with Crippen molar-refractivity contribution in [3.8, 4) is 0 Å². The van der Waals surface area contributed by atoms with Crippen LogP contribution in [-0.4, -0.2) is 70.6 Å². The summed E-state index contributed by atoms with van der Waals surface area (Å²) in [5.41, 5.74) is 1.21. The standard InChI is InChI=1S/C21H36N6/c1-2-22-21(27-15-10-19(17-27)25-12-5-3-6-13-25)23-11-9-18-16-26-14-7-4-8-20(26)24-18/h16,19H,2-15,17H2,1H3,(H,22,23). The van der Waals surface area contributed by atoms with Crippen LogP contribution in [0.15, 0.2) is 11.2 Å². The third-order valence-corrected chi connectivity index (χ3v) is 6.29. The summed E-state index contributed by atoms with van der Waals surface area (Å²) in [5.74, 6) is 2.37. The summed E-state index contributed by atoms with van der Waals surface area (Å²) < 4.78 is 2.34. The molecule has 2 fully saturated rings. The van der Waals surface area contributed by atoms with E-state index in [1.54, 1.807) is 0 Å². The minimum absolute atomic E-state index is 0.717. The molecule has 1 unspecified atom stereocenters. The van der Waals surface area contributed by atoms with Gasteiger partial charge in [-0.25, -0.2) is 4.98 Å². The Hall–Kier alpha value is -1.56. The third kappa shape index (κ3) is 4.65. The lowest BCUT2D eigenvalue weighted by Crippen LogP contribution is -2.44. The van der Waals surface area contributed by atoms with Crippen LogP contribution in [0, 0.1) is 0 Å². The fraction of sp³-hybridized carbons (Fsp3) is 0.810. The van der Waals surface area contributed by atoms with Gasteiger partial charge >= 0.3 is 0 Å². The molecule has 27 heavy (non-hydrogen) atoms. The largest absolute Gasteiger partial charge is 0.357 e. The van der Waals surface area contributed by atoms with Crippen LogP contribution in [0.1, 0.15) is 57.0 Å². The molecule has 3 aliphatic heterocycles. The third-order valence-electron chi connectivity index (χ3n) is 6.29. The van der Waals surface area contributed by atoms with E-state index in [9.17, 15) is 0 Å². The number of rotatable bonds is 5. The van der Waals surface area contributed by atoms with Gasteiger partial charge in [-0.2, -0.15) is 0 Å². The number of hydrogen-bond acceptors (Lipinski definition) is 3. The molecule has 1 N–H and O–H groups in total. The molecule has 1 atom stereocenters. The average Bonchev–Trinajstić information content (AvgIpc) is 3.35. The highest BCUT2D eigenvalue weighted by atomic mass is 15.3. The van der Waals surface area contributed by atoms with Gasteiger partial charge in [0.15, 0.2) is 5.96 Å². The predicted molar refractivity (Wildman–Crippen MR) is 110 cm³/mol. The van der Waals surface area contributed by atoms with E-state index in [2.05, 4.69) is 32.8 Å². The summed E-state index contributed by atoms with van der Waals surface area (Å²) in [6.07, 6.45) is 12.3. The van der Waals surface area contributed by atoms with E-state index in [-0.39, 0.29) is 0 Å².